The number of benzene rings is 3. The molecule has 1 saturated heterocycles. The fourth-order valence-electron chi connectivity index (χ4n) is 6.12. The Morgan fingerprint density at radius 1 is 1.04 bits per heavy atom. The van der Waals surface area contributed by atoms with Gasteiger partial charge in [0, 0.05) is 49.7 Å². The number of rotatable bonds is 11. The van der Waals surface area contributed by atoms with Crippen LogP contribution in [0.25, 0.3) is 0 Å². The van der Waals surface area contributed by atoms with Crippen molar-refractivity contribution in [2.45, 2.75) is 39.3 Å². The lowest BCUT2D eigenvalue weighted by atomic mass is 9.89. The number of piperazine rings is 1. The molecule has 4 aromatic rings. The molecular weight excluding hydrogens is 580 g/mol. The Hall–Kier alpha value is -4.67. The number of hydrogen-bond acceptors (Lipinski definition) is 8. The summed E-state index contributed by atoms with van der Waals surface area (Å²) in [6.07, 6.45) is 1.38. The van der Waals surface area contributed by atoms with Gasteiger partial charge in [-0.05, 0) is 92.9 Å². The van der Waals surface area contributed by atoms with Crippen LogP contribution in [0.15, 0.2) is 72.9 Å². The molecule has 1 aliphatic rings. The van der Waals surface area contributed by atoms with E-state index in [0.717, 1.165) is 55.0 Å². The van der Waals surface area contributed by atoms with Crippen molar-refractivity contribution in [3.63, 3.8) is 0 Å². The molecule has 2 heterocycles. The van der Waals surface area contributed by atoms with Crippen LogP contribution in [-0.2, 0) is 6.42 Å². The Morgan fingerprint density at radius 3 is 2.43 bits per heavy atom. The van der Waals surface area contributed by atoms with Crippen LogP contribution in [-0.4, -0.2) is 84.5 Å². The minimum absolute atomic E-state index is 0.223. The molecule has 1 amide bonds. The monoisotopic (exact) mass is 624 g/mol. The molecule has 1 aliphatic heterocycles. The largest absolute Gasteiger partial charge is 0.497 e. The third-order valence-electron chi connectivity index (χ3n) is 8.87. The molecule has 5 rings (SSSR count). The van der Waals surface area contributed by atoms with E-state index in [1.54, 1.807) is 38.6 Å². The van der Waals surface area contributed by atoms with Crippen molar-refractivity contribution < 1.29 is 19.4 Å². The lowest BCUT2D eigenvalue weighted by molar-refractivity contribution is 0.106. The van der Waals surface area contributed by atoms with Crippen LogP contribution in [0.2, 0.25) is 0 Å². The second-order valence-electron chi connectivity index (χ2n) is 11.9. The van der Waals surface area contributed by atoms with Crippen LogP contribution in [0.4, 0.5) is 22.2 Å². The van der Waals surface area contributed by atoms with Crippen molar-refractivity contribution in [1.82, 2.24) is 19.8 Å². The summed E-state index contributed by atoms with van der Waals surface area (Å²) in [7, 11) is 5.34. The number of aromatic nitrogens is 2. The van der Waals surface area contributed by atoms with Crippen LogP contribution < -0.4 is 19.7 Å². The summed E-state index contributed by atoms with van der Waals surface area (Å²) in [5.41, 5.74) is 5.43. The van der Waals surface area contributed by atoms with Gasteiger partial charge in [0.15, 0.2) is 0 Å². The quantitative estimate of drug-likeness (QED) is 0.199. The van der Waals surface area contributed by atoms with Gasteiger partial charge in [-0.3, -0.25) is 0 Å². The van der Waals surface area contributed by atoms with Crippen molar-refractivity contribution >= 4 is 23.5 Å². The number of nitrogens with zero attached hydrogens (tertiary/aromatic N) is 5. The lowest BCUT2D eigenvalue weighted by Crippen LogP contribution is -2.50. The van der Waals surface area contributed by atoms with Gasteiger partial charge in [0.05, 0.1) is 20.3 Å². The highest BCUT2D eigenvalue weighted by molar-refractivity contribution is 5.87. The number of carbonyl (C=O) groups is 1. The number of amides is 1. The van der Waals surface area contributed by atoms with Crippen LogP contribution in [0.5, 0.6) is 11.5 Å². The van der Waals surface area contributed by atoms with Gasteiger partial charge in [-0.1, -0.05) is 30.3 Å². The lowest BCUT2D eigenvalue weighted by Gasteiger charge is -2.37. The molecule has 0 aliphatic carbocycles. The Kier molecular flexibility index (Phi) is 10.4. The SMILES string of the molecule is COc1ccc(OC)c(C(c2c(C)cccc2C)N(C(=O)O)c2ccnc(Nc3ccc(CCN4CCN(C)C(C)C4)cc3)n2)c1. The van der Waals surface area contributed by atoms with Gasteiger partial charge in [-0.15, -0.1) is 0 Å². The van der Waals surface area contributed by atoms with E-state index in [0.29, 0.717) is 29.1 Å². The summed E-state index contributed by atoms with van der Waals surface area (Å²) in [6, 6.07) is 20.9. The highest BCUT2D eigenvalue weighted by Crippen LogP contribution is 2.41. The first-order valence-corrected chi connectivity index (χ1v) is 15.6. The number of likely N-dealkylation sites (N-methyl/N-ethyl adjacent to an activating group) is 1. The summed E-state index contributed by atoms with van der Waals surface area (Å²) in [5.74, 6) is 1.64. The number of carboxylic acid groups (broad SMARTS) is 1. The predicted octanol–water partition coefficient (Wildman–Crippen LogP) is 6.31. The van der Waals surface area contributed by atoms with Crippen LogP contribution >= 0.6 is 0 Å². The summed E-state index contributed by atoms with van der Waals surface area (Å²) < 4.78 is 11.3. The minimum Gasteiger partial charge on any atom is -0.497 e. The van der Waals surface area contributed by atoms with Crippen molar-refractivity contribution in [3.8, 4) is 11.5 Å². The molecule has 1 fully saturated rings. The molecule has 10 heteroatoms. The molecule has 2 atom stereocenters. The van der Waals surface area contributed by atoms with E-state index in [-0.39, 0.29) is 5.82 Å². The number of ether oxygens (including phenoxy) is 2. The van der Waals surface area contributed by atoms with Crippen LogP contribution in [0.3, 0.4) is 0 Å². The summed E-state index contributed by atoms with van der Waals surface area (Å²) in [6.45, 7) is 10.5. The standard InChI is InChI=1S/C36H44N6O4/c1-24-8-7-9-25(2)33(24)34(30-22-29(45-5)14-15-31(30)46-6)42(36(43)44)32-16-18-37-35(39-32)38-28-12-10-27(11-13-28)17-19-41-21-20-40(4)26(3)23-41/h7-16,18,22,26,34H,17,19-21,23H2,1-6H3,(H,43,44)(H,37,38,39). The van der Waals surface area contributed by atoms with E-state index in [1.165, 1.54) is 10.5 Å². The normalized spacial score (nSPS) is 16.1. The van der Waals surface area contributed by atoms with Gasteiger partial charge in [-0.2, -0.15) is 4.98 Å². The smallest absolute Gasteiger partial charge is 0.413 e. The Labute approximate surface area is 271 Å². The molecule has 1 aromatic heterocycles. The number of aryl methyl sites for hydroxylation is 2. The summed E-state index contributed by atoms with van der Waals surface area (Å²) >= 11 is 0. The number of nitrogens with one attached hydrogen (secondary N) is 1. The van der Waals surface area contributed by atoms with Crippen LogP contribution in [0.1, 0.15) is 40.8 Å². The van der Waals surface area contributed by atoms with Crippen molar-refractivity contribution in [2.75, 3.05) is 57.7 Å². The number of hydrogen-bond donors (Lipinski definition) is 2. The van der Waals surface area contributed by atoms with Crippen molar-refractivity contribution in [3.05, 3.63) is 101 Å². The third-order valence-corrected chi connectivity index (χ3v) is 8.87. The fourth-order valence-corrected chi connectivity index (χ4v) is 6.12. The van der Waals surface area contributed by atoms with Gasteiger partial charge in [0.1, 0.15) is 17.3 Å². The third kappa shape index (κ3) is 7.41. The van der Waals surface area contributed by atoms with E-state index >= 15 is 0 Å². The molecule has 46 heavy (non-hydrogen) atoms. The van der Waals surface area contributed by atoms with E-state index in [4.69, 9.17) is 14.5 Å². The van der Waals surface area contributed by atoms with Crippen molar-refractivity contribution in [2.24, 2.45) is 0 Å². The minimum atomic E-state index is -1.17. The van der Waals surface area contributed by atoms with Gasteiger partial charge in [0.2, 0.25) is 5.95 Å². The van der Waals surface area contributed by atoms with Gasteiger partial charge in [0.25, 0.3) is 0 Å². The molecule has 10 nitrogen and oxygen atoms in total. The maximum absolute atomic E-state index is 13.1. The molecule has 3 aromatic carbocycles. The number of methoxy groups -OCH3 is 2. The summed E-state index contributed by atoms with van der Waals surface area (Å²) in [4.78, 5) is 28.5. The number of anilines is 3. The maximum Gasteiger partial charge on any atom is 0.413 e. The Morgan fingerprint density at radius 2 is 1.78 bits per heavy atom. The Bertz CT molecular complexity index is 1630. The highest BCUT2D eigenvalue weighted by atomic mass is 16.5. The van der Waals surface area contributed by atoms with E-state index in [1.807, 2.05) is 50.2 Å². The average molecular weight is 625 g/mol. The van der Waals surface area contributed by atoms with Crippen LogP contribution in [0, 0.1) is 13.8 Å². The average Bonchev–Trinajstić information content (AvgIpc) is 3.05. The van der Waals surface area contributed by atoms with Gasteiger partial charge in [-0.25, -0.2) is 14.7 Å². The molecular formula is C36H44N6O4. The molecule has 242 valence electrons. The van der Waals surface area contributed by atoms with Gasteiger partial charge >= 0.3 is 6.09 Å². The second kappa shape index (κ2) is 14.6. The first kappa shape index (κ1) is 32.7. The summed E-state index contributed by atoms with van der Waals surface area (Å²) in [5, 5.41) is 14.0. The Balaban J connectivity index is 1.42. The molecule has 0 bridgehead atoms. The zero-order chi connectivity index (χ0) is 32.8. The molecule has 0 spiro atoms. The first-order chi connectivity index (χ1) is 22.2. The van der Waals surface area contributed by atoms with E-state index < -0.39 is 12.1 Å². The van der Waals surface area contributed by atoms with Gasteiger partial charge < -0.3 is 29.7 Å². The molecule has 2 N–H and O–H groups in total. The maximum atomic E-state index is 13.1. The first-order valence-electron chi connectivity index (χ1n) is 15.6. The second-order valence-corrected chi connectivity index (χ2v) is 11.9. The zero-order valence-electron chi connectivity index (χ0n) is 27.5. The van der Waals surface area contributed by atoms with Crippen molar-refractivity contribution in [1.29, 1.82) is 0 Å². The topological polar surface area (TPSA) is 103 Å². The highest BCUT2D eigenvalue weighted by Gasteiger charge is 2.34. The molecule has 0 radical (unpaired) electrons. The van der Waals surface area contributed by atoms with E-state index in [2.05, 4.69) is 46.2 Å². The zero-order valence-corrected chi connectivity index (χ0v) is 27.5. The predicted molar refractivity (Wildman–Crippen MR) is 182 cm³/mol. The fraction of sp³-hybridized carbons (Fsp3) is 0.361. The van der Waals surface area contributed by atoms with E-state index in [9.17, 15) is 9.90 Å². The molecule has 0 saturated carbocycles. The molecule has 2 unspecified atom stereocenters.